The summed E-state index contributed by atoms with van der Waals surface area (Å²) in [7, 11) is -2.06. The first kappa shape index (κ1) is 20.7. The van der Waals surface area contributed by atoms with Crippen molar-refractivity contribution in [3.63, 3.8) is 0 Å². The fourth-order valence-corrected chi connectivity index (χ4v) is 4.68. The SMILES string of the molecule is CCC(=O)NCc1cc(S(=O)(=O)N2CCC(C(C)N)CC2)ccc1OC. The summed E-state index contributed by atoms with van der Waals surface area (Å²) in [6.07, 6.45) is 1.91. The Morgan fingerprint density at radius 2 is 2.04 bits per heavy atom. The Morgan fingerprint density at radius 3 is 2.58 bits per heavy atom. The summed E-state index contributed by atoms with van der Waals surface area (Å²) in [4.78, 5) is 11.7. The second-order valence-corrected chi connectivity index (χ2v) is 8.64. The number of sulfonamides is 1. The Kier molecular flexibility index (Phi) is 7.02. The Morgan fingerprint density at radius 1 is 1.38 bits per heavy atom. The van der Waals surface area contributed by atoms with E-state index in [0.29, 0.717) is 36.7 Å². The molecule has 0 bridgehead atoms. The lowest BCUT2D eigenvalue weighted by Crippen LogP contribution is -2.42. The minimum atomic E-state index is -3.58. The maximum Gasteiger partial charge on any atom is 0.243 e. The van der Waals surface area contributed by atoms with Gasteiger partial charge in [0.25, 0.3) is 0 Å². The number of nitrogens with one attached hydrogen (secondary N) is 1. The molecule has 1 aliphatic rings. The zero-order valence-electron chi connectivity index (χ0n) is 15.7. The van der Waals surface area contributed by atoms with Crippen molar-refractivity contribution >= 4 is 15.9 Å². The molecule has 1 unspecified atom stereocenters. The van der Waals surface area contributed by atoms with E-state index < -0.39 is 10.0 Å². The van der Waals surface area contributed by atoms with E-state index in [1.165, 1.54) is 11.4 Å². The van der Waals surface area contributed by atoms with Crippen molar-refractivity contribution in [3.8, 4) is 5.75 Å². The molecule has 2 rings (SSSR count). The van der Waals surface area contributed by atoms with Gasteiger partial charge in [-0.15, -0.1) is 0 Å². The summed E-state index contributed by atoms with van der Waals surface area (Å²) in [6, 6.07) is 4.85. The molecule has 7 nitrogen and oxygen atoms in total. The van der Waals surface area contributed by atoms with Gasteiger partial charge in [0.15, 0.2) is 0 Å². The van der Waals surface area contributed by atoms with E-state index in [1.807, 2.05) is 6.92 Å². The van der Waals surface area contributed by atoms with E-state index in [1.54, 1.807) is 25.1 Å². The number of benzene rings is 1. The number of hydrogen-bond acceptors (Lipinski definition) is 5. The van der Waals surface area contributed by atoms with Crippen LogP contribution in [0.15, 0.2) is 23.1 Å². The lowest BCUT2D eigenvalue weighted by atomic mass is 9.92. The molecule has 1 aromatic carbocycles. The topological polar surface area (TPSA) is 102 Å². The largest absolute Gasteiger partial charge is 0.496 e. The van der Waals surface area contributed by atoms with Crippen molar-refractivity contribution in [2.24, 2.45) is 11.7 Å². The molecule has 0 aromatic heterocycles. The number of carbonyl (C=O) groups excluding carboxylic acids is 1. The predicted molar refractivity (Wildman–Crippen MR) is 100 cm³/mol. The van der Waals surface area contributed by atoms with Crippen LogP contribution in [0.3, 0.4) is 0 Å². The number of hydrogen-bond donors (Lipinski definition) is 2. The highest BCUT2D eigenvalue weighted by Crippen LogP contribution is 2.28. The molecule has 1 saturated heterocycles. The molecule has 26 heavy (non-hydrogen) atoms. The van der Waals surface area contributed by atoms with Crippen molar-refractivity contribution in [3.05, 3.63) is 23.8 Å². The molecule has 3 N–H and O–H groups in total. The molecule has 1 aliphatic heterocycles. The van der Waals surface area contributed by atoms with Crippen LogP contribution in [-0.4, -0.2) is 44.9 Å². The summed E-state index contributed by atoms with van der Waals surface area (Å²) in [5.41, 5.74) is 6.58. The van der Waals surface area contributed by atoms with Gasteiger partial charge in [-0.1, -0.05) is 6.92 Å². The number of rotatable bonds is 7. The van der Waals surface area contributed by atoms with Crippen LogP contribution in [-0.2, 0) is 21.4 Å². The van der Waals surface area contributed by atoms with Gasteiger partial charge in [-0.2, -0.15) is 4.31 Å². The highest BCUT2D eigenvalue weighted by Gasteiger charge is 2.31. The molecule has 0 spiro atoms. The summed E-state index contributed by atoms with van der Waals surface area (Å²) in [6.45, 7) is 4.91. The molecule has 8 heteroatoms. The summed E-state index contributed by atoms with van der Waals surface area (Å²) < 4.78 is 32.8. The Bertz CT molecular complexity index is 726. The average Bonchev–Trinajstić information content (AvgIpc) is 2.65. The van der Waals surface area contributed by atoms with E-state index in [9.17, 15) is 13.2 Å². The van der Waals surface area contributed by atoms with E-state index in [-0.39, 0.29) is 23.4 Å². The van der Waals surface area contributed by atoms with Gasteiger partial charge in [0, 0.05) is 37.7 Å². The average molecular weight is 384 g/mol. The number of amides is 1. The quantitative estimate of drug-likeness (QED) is 0.742. The van der Waals surface area contributed by atoms with Crippen LogP contribution in [0.25, 0.3) is 0 Å². The van der Waals surface area contributed by atoms with Gasteiger partial charge in [0.05, 0.1) is 12.0 Å². The fraction of sp³-hybridized carbons (Fsp3) is 0.611. The first-order valence-corrected chi connectivity index (χ1v) is 10.4. The third-order valence-corrected chi connectivity index (χ3v) is 6.82. The van der Waals surface area contributed by atoms with Gasteiger partial charge in [0.2, 0.25) is 15.9 Å². The van der Waals surface area contributed by atoms with Crippen molar-refractivity contribution in [2.45, 2.75) is 50.6 Å². The number of methoxy groups -OCH3 is 1. The van der Waals surface area contributed by atoms with Crippen LogP contribution in [0.1, 0.15) is 38.7 Å². The molecular formula is C18H29N3O4S. The zero-order chi connectivity index (χ0) is 19.3. The van der Waals surface area contributed by atoms with E-state index >= 15 is 0 Å². The lowest BCUT2D eigenvalue weighted by Gasteiger charge is -2.33. The molecule has 0 saturated carbocycles. The number of ether oxygens (including phenoxy) is 1. The molecule has 0 radical (unpaired) electrons. The van der Waals surface area contributed by atoms with Gasteiger partial charge in [-0.25, -0.2) is 8.42 Å². The molecule has 0 aliphatic carbocycles. The zero-order valence-corrected chi connectivity index (χ0v) is 16.5. The molecule has 146 valence electrons. The monoisotopic (exact) mass is 383 g/mol. The van der Waals surface area contributed by atoms with Gasteiger partial charge in [-0.3, -0.25) is 4.79 Å². The fourth-order valence-electron chi connectivity index (χ4n) is 3.16. The van der Waals surface area contributed by atoms with Gasteiger partial charge in [-0.05, 0) is 43.9 Å². The number of nitrogens with two attached hydrogens (primary N) is 1. The summed E-state index contributed by atoms with van der Waals surface area (Å²) in [5.74, 6) is 0.812. The first-order valence-electron chi connectivity index (χ1n) is 8.99. The van der Waals surface area contributed by atoms with Crippen molar-refractivity contribution in [2.75, 3.05) is 20.2 Å². The molecule has 1 atom stereocenters. The van der Waals surface area contributed by atoms with Gasteiger partial charge < -0.3 is 15.8 Å². The summed E-state index contributed by atoms with van der Waals surface area (Å²) >= 11 is 0. The Hall–Kier alpha value is -1.64. The molecule has 1 amide bonds. The third-order valence-electron chi connectivity index (χ3n) is 4.93. The standard InChI is InChI=1S/C18H29N3O4S/c1-4-18(22)20-12-15-11-16(5-6-17(15)25-3)26(23,24)21-9-7-14(8-10-21)13(2)19/h5-6,11,13-14H,4,7-10,12,19H2,1-3H3,(H,20,22). The van der Waals surface area contributed by atoms with Gasteiger partial charge >= 0.3 is 0 Å². The van der Waals surface area contributed by atoms with Crippen LogP contribution in [0, 0.1) is 5.92 Å². The highest BCUT2D eigenvalue weighted by atomic mass is 32.2. The van der Waals surface area contributed by atoms with E-state index in [2.05, 4.69) is 5.32 Å². The number of nitrogens with zero attached hydrogens (tertiary/aromatic N) is 1. The van der Waals surface area contributed by atoms with Gasteiger partial charge in [0.1, 0.15) is 5.75 Å². The predicted octanol–water partition coefficient (Wildman–Crippen LogP) is 1.47. The summed E-state index contributed by atoms with van der Waals surface area (Å²) in [5, 5.41) is 2.76. The highest BCUT2D eigenvalue weighted by molar-refractivity contribution is 7.89. The number of carbonyl (C=O) groups is 1. The Labute approximate surface area is 155 Å². The number of piperidine rings is 1. The van der Waals surface area contributed by atoms with Crippen LogP contribution in [0.5, 0.6) is 5.75 Å². The third kappa shape index (κ3) is 4.75. The van der Waals surface area contributed by atoms with Crippen LogP contribution in [0.4, 0.5) is 0 Å². The second kappa shape index (κ2) is 8.83. The van der Waals surface area contributed by atoms with Crippen molar-refractivity contribution in [1.29, 1.82) is 0 Å². The molecular weight excluding hydrogens is 354 g/mol. The van der Waals surface area contributed by atoms with Crippen molar-refractivity contribution < 1.29 is 17.9 Å². The molecule has 1 heterocycles. The van der Waals surface area contributed by atoms with Crippen LogP contribution < -0.4 is 15.8 Å². The maximum absolute atomic E-state index is 13.0. The molecule has 1 aromatic rings. The smallest absolute Gasteiger partial charge is 0.243 e. The normalized spacial score (nSPS) is 17.7. The second-order valence-electron chi connectivity index (χ2n) is 6.70. The van der Waals surface area contributed by atoms with Crippen LogP contribution >= 0.6 is 0 Å². The first-order chi connectivity index (χ1) is 12.3. The lowest BCUT2D eigenvalue weighted by molar-refractivity contribution is -0.120. The molecule has 1 fully saturated rings. The minimum Gasteiger partial charge on any atom is -0.496 e. The maximum atomic E-state index is 13.0. The Balaban J connectivity index is 2.20. The van der Waals surface area contributed by atoms with E-state index in [4.69, 9.17) is 10.5 Å². The minimum absolute atomic E-state index is 0.0784. The van der Waals surface area contributed by atoms with E-state index in [0.717, 1.165) is 12.8 Å². The van der Waals surface area contributed by atoms with Crippen molar-refractivity contribution in [1.82, 2.24) is 9.62 Å². The van der Waals surface area contributed by atoms with Crippen LogP contribution in [0.2, 0.25) is 0 Å².